The Labute approximate surface area is 128 Å². The lowest BCUT2D eigenvalue weighted by Crippen LogP contribution is -2.34. The second-order valence-electron chi connectivity index (χ2n) is 5.34. The van der Waals surface area contributed by atoms with Crippen molar-refractivity contribution in [1.29, 1.82) is 0 Å². The van der Waals surface area contributed by atoms with E-state index in [9.17, 15) is 9.59 Å². The maximum atomic E-state index is 11.8. The third kappa shape index (κ3) is 3.72. The SMILES string of the molecule is O=C(NCCn1nc(C2CC2)ccc1=O)Nc1ccccc1. The Kier molecular flexibility index (Phi) is 4.18. The van der Waals surface area contributed by atoms with E-state index in [1.165, 1.54) is 4.68 Å². The highest BCUT2D eigenvalue weighted by molar-refractivity contribution is 5.89. The number of benzene rings is 1. The largest absolute Gasteiger partial charge is 0.336 e. The number of para-hydroxylation sites is 1. The number of anilines is 1. The van der Waals surface area contributed by atoms with Crippen LogP contribution in [0.3, 0.4) is 0 Å². The molecule has 6 nitrogen and oxygen atoms in total. The molecule has 0 saturated heterocycles. The highest BCUT2D eigenvalue weighted by Crippen LogP contribution is 2.38. The molecule has 2 N–H and O–H groups in total. The van der Waals surface area contributed by atoms with E-state index >= 15 is 0 Å². The smallest absolute Gasteiger partial charge is 0.319 e. The molecule has 114 valence electrons. The van der Waals surface area contributed by atoms with Crippen LogP contribution in [0.15, 0.2) is 47.3 Å². The van der Waals surface area contributed by atoms with E-state index in [0.717, 1.165) is 24.2 Å². The average Bonchev–Trinajstić information content (AvgIpc) is 3.35. The molecule has 1 aromatic carbocycles. The first-order chi connectivity index (χ1) is 10.7. The molecule has 1 aromatic heterocycles. The summed E-state index contributed by atoms with van der Waals surface area (Å²) in [5, 5.41) is 9.79. The fraction of sp³-hybridized carbons (Fsp3) is 0.312. The molecule has 1 fully saturated rings. The molecule has 3 rings (SSSR count). The van der Waals surface area contributed by atoms with Gasteiger partial charge >= 0.3 is 6.03 Å². The molecule has 0 spiro atoms. The van der Waals surface area contributed by atoms with Gasteiger partial charge < -0.3 is 10.6 Å². The minimum Gasteiger partial charge on any atom is -0.336 e. The van der Waals surface area contributed by atoms with Crippen molar-refractivity contribution >= 4 is 11.7 Å². The Morgan fingerprint density at radius 1 is 1.18 bits per heavy atom. The molecule has 6 heteroatoms. The quantitative estimate of drug-likeness (QED) is 0.885. The van der Waals surface area contributed by atoms with Crippen molar-refractivity contribution in [2.75, 3.05) is 11.9 Å². The second-order valence-corrected chi connectivity index (χ2v) is 5.34. The first-order valence-electron chi connectivity index (χ1n) is 7.40. The number of hydrogen-bond donors (Lipinski definition) is 2. The zero-order valence-corrected chi connectivity index (χ0v) is 12.2. The maximum Gasteiger partial charge on any atom is 0.319 e. The van der Waals surface area contributed by atoms with Crippen LogP contribution in [-0.4, -0.2) is 22.4 Å². The summed E-state index contributed by atoms with van der Waals surface area (Å²) < 4.78 is 1.41. The molecular weight excluding hydrogens is 280 g/mol. The zero-order chi connectivity index (χ0) is 15.4. The van der Waals surface area contributed by atoms with E-state index in [2.05, 4.69) is 15.7 Å². The summed E-state index contributed by atoms with van der Waals surface area (Å²) >= 11 is 0. The standard InChI is InChI=1S/C16H18N4O2/c21-15-9-8-14(12-6-7-12)19-20(15)11-10-17-16(22)18-13-4-2-1-3-5-13/h1-5,8-9,12H,6-7,10-11H2,(H2,17,18,22). The highest BCUT2D eigenvalue weighted by Gasteiger charge is 2.25. The van der Waals surface area contributed by atoms with Crippen LogP contribution < -0.4 is 16.2 Å². The number of carbonyl (C=O) groups is 1. The van der Waals surface area contributed by atoms with Crippen LogP contribution in [-0.2, 0) is 6.54 Å². The minimum absolute atomic E-state index is 0.144. The van der Waals surface area contributed by atoms with Gasteiger partial charge in [-0.3, -0.25) is 4.79 Å². The molecule has 0 aliphatic heterocycles. The number of carbonyl (C=O) groups excluding carboxylic acids is 1. The molecule has 1 heterocycles. The van der Waals surface area contributed by atoms with Crippen molar-refractivity contribution in [3.05, 3.63) is 58.5 Å². The monoisotopic (exact) mass is 298 g/mol. The van der Waals surface area contributed by atoms with Crippen molar-refractivity contribution in [2.45, 2.75) is 25.3 Å². The number of nitrogens with zero attached hydrogens (tertiary/aromatic N) is 2. The number of aromatic nitrogens is 2. The second kappa shape index (κ2) is 6.43. The Hall–Kier alpha value is -2.63. The number of rotatable bonds is 5. The number of urea groups is 1. The topological polar surface area (TPSA) is 76.0 Å². The van der Waals surface area contributed by atoms with Gasteiger partial charge in [-0.15, -0.1) is 0 Å². The van der Waals surface area contributed by atoms with E-state index in [0.29, 0.717) is 19.0 Å². The van der Waals surface area contributed by atoms with Crippen molar-refractivity contribution < 1.29 is 4.79 Å². The van der Waals surface area contributed by atoms with Gasteiger partial charge in [0.2, 0.25) is 0 Å². The summed E-state index contributed by atoms with van der Waals surface area (Å²) in [7, 11) is 0. The summed E-state index contributed by atoms with van der Waals surface area (Å²) in [5.74, 6) is 0.501. The van der Waals surface area contributed by atoms with Crippen LogP contribution in [0, 0.1) is 0 Å². The molecule has 1 aliphatic carbocycles. The number of amides is 2. The van der Waals surface area contributed by atoms with Crippen molar-refractivity contribution in [1.82, 2.24) is 15.1 Å². The van der Waals surface area contributed by atoms with E-state index in [1.807, 2.05) is 30.3 Å². The third-order valence-corrected chi connectivity index (χ3v) is 3.52. The normalized spacial score (nSPS) is 13.6. The lowest BCUT2D eigenvalue weighted by molar-refractivity contribution is 0.251. The maximum absolute atomic E-state index is 11.8. The first-order valence-corrected chi connectivity index (χ1v) is 7.40. The van der Waals surface area contributed by atoms with Crippen LogP contribution in [0.1, 0.15) is 24.5 Å². The van der Waals surface area contributed by atoms with Crippen molar-refractivity contribution in [3.8, 4) is 0 Å². The van der Waals surface area contributed by atoms with E-state index in [4.69, 9.17) is 0 Å². The van der Waals surface area contributed by atoms with Gasteiger partial charge in [-0.05, 0) is 31.0 Å². The van der Waals surface area contributed by atoms with Crippen LogP contribution in [0.25, 0.3) is 0 Å². The molecular formula is C16H18N4O2. The van der Waals surface area contributed by atoms with E-state index in [1.54, 1.807) is 12.1 Å². The molecule has 2 aromatic rings. The lowest BCUT2D eigenvalue weighted by Gasteiger charge is -2.09. The molecule has 1 saturated carbocycles. The molecule has 1 aliphatic rings. The molecule has 0 atom stereocenters. The van der Waals surface area contributed by atoms with Gasteiger partial charge in [-0.1, -0.05) is 18.2 Å². The fourth-order valence-corrected chi connectivity index (χ4v) is 2.19. The molecule has 22 heavy (non-hydrogen) atoms. The third-order valence-electron chi connectivity index (χ3n) is 3.52. The molecule has 0 bridgehead atoms. The number of nitrogens with one attached hydrogen (secondary N) is 2. The van der Waals surface area contributed by atoms with Crippen LogP contribution >= 0.6 is 0 Å². The molecule has 0 radical (unpaired) electrons. The first kappa shape index (κ1) is 14.3. The Bertz CT molecular complexity index is 708. The Morgan fingerprint density at radius 2 is 1.95 bits per heavy atom. The van der Waals surface area contributed by atoms with Crippen molar-refractivity contribution in [2.24, 2.45) is 0 Å². The van der Waals surface area contributed by atoms with E-state index in [-0.39, 0.29) is 11.6 Å². The van der Waals surface area contributed by atoms with Gasteiger partial charge in [0.1, 0.15) is 0 Å². The summed E-state index contributed by atoms with van der Waals surface area (Å²) in [4.78, 5) is 23.5. The fourth-order valence-electron chi connectivity index (χ4n) is 2.19. The van der Waals surface area contributed by atoms with Crippen molar-refractivity contribution in [3.63, 3.8) is 0 Å². The zero-order valence-electron chi connectivity index (χ0n) is 12.2. The minimum atomic E-state index is -0.294. The predicted octanol–water partition coefficient (Wildman–Crippen LogP) is 1.94. The Balaban J connectivity index is 1.51. The van der Waals surface area contributed by atoms with E-state index < -0.39 is 0 Å². The van der Waals surface area contributed by atoms with Gasteiger partial charge in [0.15, 0.2) is 0 Å². The van der Waals surface area contributed by atoms with Crippen LogP contribution in [0.5, 0.6) is 0 Å². The predicted molar refractivity (Wildman–Crippen MR) is 83.9 cm³/mol. The summed E-state index contributed by atoms with van der Waals surface area (Å²) in [6.07, 6.45) is 2.28. The van der Waals surface area contributed by atoms with Gasteiger partial charge in [0.05, 0.1) is 12.2 Å². The summed E-state index contributed by atoms with van der Waals surface area (Å²) in [6.45, 7) is 0.710. The van der Waals surface area contributed by atoms with Gasteiger partial charge in [-0.2, -0.15) is 5.10 Å². The van der Waals surface area contributed by atoms with Gasteiger partial charge in [0.25, 0.3) is 5.56 Å². The van der Waals surface area contributed by atoms with Gasteiger partial charge in [0, 0.05) is 24.2 Å². The molecule has 0 unspecified atom stereocenters. The number of hydrogen-bond acceptors (Lipinski definition) is 3. The average molecular weight is 298 g/mol. The lowest BCUT2D eigenvalue weighted by atomic mass is 10.3. The summed E-state index contributed by atoms with van der Waals surface area (Å²) in [6, 6.07) is 12.3. The van der Waals surface area contributed by atoms with Crippen LogP contribution in [0.2, 0.25) is 0 Å². The summed E-state index contributed by atoms with van der Waals surface area (Å²) in [5.41, 5.74) is 1.55. The molecule has 2 amide bonds. The highest BCUT2D eigenvalue weighted by atomic mass is 16.2. The Morgan fingerprint density at radius 3 is 2.68 bits per heavy atom. The van der Waals surface area contributed by atoms with Crippen LogP contribution in [0.4, 0.5) is 10.5 Å². The van der Waals surface area contributed by atoms with Gasteiger partial charge in [-0.25, -0.2) is 9.48 Å².